The normalized spacial score (nSPS) is 13.0. The zero-order valence-corrected chi connectivity index (χ0v) is 17.4. The lowest BCUT2D eigenvalue weighted by molar-refractivity contribution is 0.156. The molecule has 0 radical (unpaired) electrons. The number of rotatable bonds is 7. The molecule has 31 heavy (non-hydrogen) atoms. The summed E-state index contributed by atoms with van der Waals surface area (Å²) in [6, 6.07) is 12.0. The van der Waals surface area contributed by atoms with Crippen molar-refractivity contribution in [1.82, 2.24) is 9.88 Å². The molecule has 1 fully saturated rings. The van der Waals surface area contributed by atoms with Gasteiger partial charge in [-0.1, -0.05) is 43.0 Å². The topological polar surface area (TPSA) is 90.4 Å². The SMILES string of the molecule is C=CCN(CC(=C)c1c(-c2ccccc2)c(C)c(C#N)c2nc(C3CC3)oc12)C(=O)O. The Hall–Kier alpha value is -3.85. The van der Waals surface area contributed by atoms with Gasteiger partial charge in [0.05, 0.1) is 5.56 Å². The first-order valence-corrected chi connectivity index (χ1v) is 10.2. The van der Waals surface area contributed by atoms with Crippen LogP contribution < -0.4 is 0 Å². The highest BCUT2D eigenvalue weighted by atomic mass is 16.4. The van der Waals surface area contributed by atoms with E-state index in [0.717, 1.165) is 29.5 Å². The molecule has 0 bridgehead atoms. The zero-order chi connectivity index (χ0) is 22.1. The second-order valence-electron chi connectivity index (χ2n) is 7.79. The van der Waals surface area contributed by atoms with Gasteiger partial charge in [0.2, 0.25) is 0 Å². The number of benzene rings is 2. The summed E-state index contributed by atoms with van der Waals surface area (Å²) >= 11 is 0. The van der Waals surface area contributed by atoms with E-state index in [1.165, 1.54) is 4.90 Å². The van der Waals surface area contributed by atoms with Crippen molar-refractivity contribution < 1.29 is 14.3 Å². The highest BCUT2D eigenvalue weighted by Gasteiger charge is 2.32. The van der Waals surface area contributed by atoms with Crippen LogP contribution in [0.5, 0.6) is 0 Å². The molecule has 1 saturated carbocycles. The van der Waals surface area contributed by atoms with E-state index in [1.54, 1.807) is 6.08 Å². The summed E-state index contributed by atoms with van der Waals surface area (Å²) in [5.74, 6) is 0.906. The first-order valence-electron chi connectivity index (χ1n) is 10.2. The van der Waals surface area contributed by atoms with Crippen molar-refractivity contribution in [1.29, 1.82) is 5.26 Å². The van der Waals surface area contributed by atoms with E-state index in [9.17, 15) is 15.2 Å². The van der Waals surface area contributed by atoms with Gasteiger partial charge in [-0.05, 0) is 42.0 Å². The van der Waals surface area contributed by atoms with E-state index >= 15 is 0 Å². The molecular formula is C25H23N3O3. The minimum Gasteiger partial charge on any atom is -0.465 e. The number of hydrogen-bond donors (Lipinski definition) is 1. The van der Waals surface area contributed by atoms with Crippen LogP contribution in [0.1, 0.15) is 41.3 Å². The van der Waals surface area contributed by atoms with E-state index in [1.807, 2.05) is 37.3 Å². The highest BCUT2D eigenvalue weighted by Crippen LogP contribution is 2.45. The Labute approximate surface area is 180 Å². The van der Waals surface area contributed by atoms with Crippen LogP contribution in [-0.2, 0) is 0 Å². The van der Waals surface area contributed by atoms with E-state index in [0.29, 0.717) is 33.7 Å². The first kappa shape index (κ1) is 20.4. The Morgan fingerprint density at radius 2 is 2.10 bits per heavy atom. The molecule has 0 spiro atoms. The van der Waals surface area contributed by atoms with Crippen molar-refractivity contribution in [3.63, 3.8) is 0 Å². The predicted octanol–water partition coefficient (Wildman–Crippen LogP) is 5.73. The van der Waals surface area contributed by atoms with Gasteiger partial charge in [-0.2, -0.15) is 5.26 Å². The van der Waals surface area contributed by atoms with Gasteiger partial charge in [-0.3, -0.25) is 0 Å². The van der Waals surface area contributed by atoms with Crippen molar-refractivity contribution >= 4 is 22.8 Å². The lowest BCUT2D eigenvalue weighted by Gasteiger charge is -2.22. The Morgan fingerprint density at radius 3 is 2.68 bits per heavy atom. The summed E-state index contributed by atoms with van der Waals surface area (Å²) in [4.78, 5) is 17.6. The van der Waals surface area contributed by atoms with Crippen LogP contribution in [0, 0.1) is 18.3 Å². The Balaban J connectivity index is 1.98. The average molecular weight is 413 g/mol. The molecule has 0 aliphatic heterocycles. The molecule has 156 valence electrons. The number of hydrogen-bond acceptors (Lipinski definition) is 4. The van der Waals surface area contributed by atoms with Crippen LogP contribution in [0.3, 0.4) is 0 Å². The maximum absolute atomic E-state index is 11.7. The third-order valence-electron chi connectivity index (χ3n) is 5.56. The molecule has 0 unspecified atom stereocenters. The minimum absolute atomic E-state index is 0.0844. The van der Waals surface area contributed by atoms with Crippen LogP contribution in [-0.4, -0.2) is 34.2 Å². The van der Waals surface area contributed by atoms with Crippen LogP contribution in [0.2, 0.25) is 0 Å². The molecule has 1 amide bonds. The monoisotopic (exact) mass is 413 g/mol. The van der Waals surface area contributed by atoms with Gasteiger partial charge in [-0.15, -0.1) is 6.58 Å². The molecule has 1 aliphatic carbocycles. The summed E-state index contributed by atoms with van der Waals surface area (Å²) < 4.78 is 6.20. The first-order chi connectivity index (χ1) is 15.0. The summed E-state index contributed by atoms with van der Waals surface area (Å²) in [7, 11) is 0. The fourth-order valence-corrected chi connectivity index (χ4v) is 3.90. The lowest BCUT2D eigenvalue weighted by Crippen LogP contribution is -2.31. The number of nitriles is 1. The maximum atomic E-state index is 11.7. The van der Waals surface area contributed by atoms with Gasteiger partial charge in [0, 0.05) is 24.6 Å². The lowest BCUT2D eigenvalue weighted by atomic mass is 9.87. The van der Waals surface area contributed by atoms with E-state index < -0.39 is 6.09 Å². The summed E-state index contributed by atoms with van der Waals surface area (Å²) in [6.07, 6.45) is 2.52. The molecule has 1 heterocycles. The fourth-order valence-electron chi connectivity index (χ4n) is 3.90. The fraction of sp³-hybridized carbons (Fsp3) is 0.240. The van der Waals surface area contributed by atoms with E-state index in [-0.39, 0.29) is 19.0 Å². The largest absolute Gasteiger partial charge is 0.465 e. The third-order valence-corrected chi connectivity index (χ3v) is 5.56. The summed E-state index contributed by atoms with van der Waals surface area (Å²) in [6.45, 7) is 10.0. The highest BCUT2D eigenvalue weighted by molar-refractivity contribution is 6.01. The molecular weight excluding hydrogens is 390 g/mol. The number of oxazole rings is 1. The van der Waals surface area contributed by atoms with Crippen LogP contribution >= 0.6 is 0 Å². The van der Waals surface area contributed by atoms with Crippen LogP contribution in [0.4, 0.5) is 4.79 Å². The quantitative estimate of drug-likeness (QED) is 0.499. The molecule has 6 heteroatoms. The molecule has 1 aromatic heterocycles. The van der Waals surface area contributed by atoms with Crippen LogP contribution in [0.25, 0.3) is 27.8 Å². The second-order valence-corrected chi connectivity index (χ2v) is 7.79. The molecule has 0 saturated heterocycles. The standard InChI is InChI=1S/C25H23N3O3/c1-4-12-28(25(29)30)14-15(2)20-21(17-8-6-5-7-9-17)16(3)19(13-26)22-23(20)31-24(27-22)18-10-11-18/h4-9,18H,1-2,10-12,14H2,3H3,(H,29,30). The zero-order valence-electron chi connectivity index (χ0n) is 17.4. The molecule has 6 nitrogen and oxygen atoms in total. The van der Waals surface area contributed by atoms with Crippen LogP contribution in [0.15, 0.2) is 54.0 Å². The number of carboxylic acid groups (broad SMARTS) is 1. The minimum atomic E-state index is -1.06. The third kappa shape index (κ3) is 3.71. The van der Waals surface area contributed by atoms with Crippen molar-refractivity contribution in [2.24, 2.45) is 0 Å². The molecule has 0 atom stereocenters. The summed E-state index contributed by atoms with van der Waals surface area (Å²) in [5, 5.41) is 19.5. The number of nitrogens with zero attached hydrogens (tertiary/aromatic N) is 3. The summed E-state index contributed by atoms with van der Waals surface area (Å²) in [5.41, 5.74) is 5.27. The Bertz CT molecular complexity index is 1230. The Kier molecular flexibility index (Phi) is 5.35. The maximum Gasteiger partial charge on any atom is 0.407 e. The van der Waals surface area contributed by atoms with E-state index in [2.05, 4.69) is 24.2 Å². The number of amides is 1. The molecule has 1 aliphatic rings. The second kappa shape index (κ2) is 8.11. The number of carbonyl (C=O) groups is 1. The number of aromatic nitrogens is 1. The number of fused-ring (bicyclic) bond motifs is 1. The Morgan fingerprint density at radius 1 is 1.39 bits per heavy atom. The molecule has 3 aromatic rings. The molecule has 1 N–H and O–H groups in total. The van der Waals surface area contributed by atoms with Gasteiger partial charge < -0.3 is 14.4 Å². The van der Waals surface area contributed by atoms with Gasteiger partial charge in [-0.25, -0.2) is 9.78 Å². The van der Waals surface area contributed by atoms with Gasteiger partial charge in [0.15, 0.2) is 11.5 Å². The average Bonchev–Trinajstić information content (AvgIpc) is 3.52. The van der Waals surface area contributed by atoms with Gasteiger partial charge in [0.1, 0.15) is 11.6 Å². The van der Waals surface area contributed by atoms with Crippen molar-refractivity contribution in [2.45, 2.75) is 25.7 Å². The molecule has 4 rings (SSSR count). The van der Waals surface area contributed by atoms with Crippen molar-refractivity contribution in [2.75, 3.05) is 13.1 Å². The molecule has 2 aromatic carbocycles. The van der Waals surface area contributed by atoms with E-state index in [4.69, 9.17) is 4.42 Å². The van der Waals surface area contributed by atoms with Gasteiger partial charge in [0.25, 0.3) is 0 Å². The van der Waals surface area contributed by atoms with Crippen molar-refractivity contribution in [3.05, 3.63) is 72.1 Å². The predicted molar refractivity (Wildman–Crippen MR) is 120 cm³/mol. The van der Waals surface area contributed by atoms with Crippen molar-refractivity contribution in [3.8, 4) is 17.2 Å². The van der Waals surface area contributed by atoms with Gasteiger partial charge >= 0.3 is 6.09 Å². The smallest absolute Gasteiger partial charge is 0.407 e.